The SMILES string of the molecule is CCCN(CC1CC1)C(=NC1CCCCC1C)Nc1cccc(O)c1. The van der Waals surface area contributed by atoms with Gasteiger partial charge in [0.2, 0.25) is 0 Å². The minimum absolute atomic E-state index is 0.291. The van der Waals surface area contributed by atoms with Crippen LogP contribution in [-0.4, -0.2) is 35.1 Å². The van der Waals surface area contributed by atoms with Gasteiger partial charge in [-0.05, 0) is 56.1 Å². The second-order valence-corrected chi connectivity index (χ2v) is 7.85. The quantitative estimate of drug-likeness (QED) is 0.573. The van der Waals surface area contributed by atoms with E-state index in [2.05, 4.69) is 24.1 Å². The summed E-state index contributed by atoms with van der Waals surface area (Å²) in [5.74, 6) is 2.77. The molecule has 2 saturated carbocycles. The highest BCUT2D eigenvalue weighted by molar-refractivity contribution is 5.94. The fraction of sp³-hybridized carbons (Fsp3) is 0.667. The molecule has 25 heavy (non-hydrogen) atoms. The van der Waals surface area contributed by atoms with Crippen LogP contribution in [-0.2, 0) is 0 Å². The number of aliphatic imine (C=N–C) groups is 1. The minimum Gasteiger partial charge on any atom is -0.508 e. The normalized spacial score (nSPS) is 24.2. The molecule has 2 atom stereocenters. The molecule has 1 aromatic rings. The maximum Gasteiger partial charge on any atom is 0.198 e. The third kappa shape index (κ3) is 5.38. The van der Waals surface area contributed by atoms with Crippen molar-refractivity contribution in [3.8, 4) is 5.75 Å². The lowest BCUT2D eigenvalue weighted by atomic mass is 9.86. The molecular weight excluding hydrogens is 310 g/mol. The molecule has 2 fully saturated rings. The van der Waals surface area contributed by atoms with Crippen LogP contribution in [0.3, 0.4) is 0 Å². The Morgan fingerprint density at radius 3 is 2.72 bits per heavy atom. The van der Waals surface area contributed by atoms with Gasteiger partial charge < -0.3 is 15.3 Å². The number of phenolic OH excluding ortho intramolecular Hbond substituents is 1. The lowest BCUT2D eigenvalue weighted by Gasteiger charge is -2.31. The average molecular weight is 344 g/mol. The summed E-state index contributed by atoms with van der Waals surface area (Å²) >= 11 is 0. The number of guanidine groups is 1. The van der Waals surface area contributed by atoms with E-state index >= 15 is 0 Å². The molecule has 4 heteroatoms. The maximum atomic E-state index is 9.79. The van der Waals surface area contributed by atoms with Crippen LogP contribution in [0, 0.1) is 11.8 Å². The van der Waals surface area contributed by atoms with E-state index in [-0.39, 0.29) is 0 Å². The highest BCUT2D eigenvalue weighted by atomic mass is 16.3. The van der Waals surface area contributed by atoms with Gasteiger partial charge in [0.05, 0.1) is 6.04 Å². The molecule has 2 aliphatic rings. The lowest BCUT2D eigenvalue weighted by molar-refractivity contribution is 0.324. The molecule has 0 bridgehead atoms. The van der Waals surface area contributed by atoms with E-state index in [0.29, 0.717) is 17.7 Å². The van der Waals surface area contributed by atoms with Crippen LogP contribution < -0.4 is 5.32 Å². The first-order valence-electron chi connectivity index (χ1n) is 10.0. The Bertz CT molecular complexity index is 582. The molecule has 2 aliphatic carbocycles. The maximum absolute atomic E-state index is 9.79. The van der Waals surface area contributed by atoms with Crippen molar-refractivity contribution in [2.45, 2.75) is 64.8 Å². The van der Waals surface area contributed by atoms with Crippen molar-refractivity contribution in [3.05, 3.63) is 24.3 Å². The van der Waals surface area contributed by atoms with Gasteiger partial charge in [-0.25, -0.2) is 4.99 Å². The van der Waals surface area contributed by atoms with E-state index in [1.807, 2.05) is 12.1 Å². The Morgan fingerprint density at radius 2 is 2.04 bits per heavy atom. The summed E-state index contributed by atoms with van der Waals surface area (Å²) in [7, 11) is 0. The van der Waals surface area contributed by atoms with E-state index in [0.717, 1.165) is 37.1 Å². The lowest BCUT2D eigenvalue weighted by Crippen LogP contribution is -2.40. The number of hydrogen-bond donors (Lipinski definition) is 2. The van der Waals surface area contributed by atoms with Gasteiger partial charge >= 0.3 is 0 Å². The van der Waals surface area contributed by atoms with Crippen molar-refractivity contribution >= 4 is 11.6 Å². The van der Waals surface area contributed by atoms with Crippen molar-refractivity contribution in [2.24, 2.45) is 16.8 Å². The minimum atomic E-state index is 0.291. The van der Waals surface area contributed by atoms with Gasteiger partial charge in [-0.3, -0.25) is 0 Å². The fourth-order valence-electron chi connectivity index (χ4n) is 3.72. The number of aromatic hydroxyl groups is 1. The standard InChI is InChI=1S/C21H33N3O/c1-3-13-24(15-17-11-12-17)21(22-18-8-6-9-19(25)14-18)23-20-10-5-4-7-16(20)2/h6,8-9,14,16-17,20,25H,3-5,7,10-13,15H2,1-2H3,(H,22,23). The number of nitrogens with zero attached hydrogens (tertiary/aromatic N) is 2. The number of benzene rings is 1. The molecule has 0 spiro atoms. The molecule has 0 aliphatic heterocycles. The van der Waals surface area contributed by atoms with Crippen LogP contribution in [0.15, 0.2) is 29.3 Å². The third-order valence-corrected chi connectivity index (χ3v) is 5.43. The number of rotatable bonds is 6. The summed E-state index contributed by atoms with van der Waals surface area (Å²) in [6, 6.07) is 7.78. The second-order valence-electron chi connectivity index (χ2n) is 7.85. The number of nitrogens with one attached hydrogen (secondary N) is 1. The van der Waals surface area contributed by atoms with Crippen LogP contribution >= 0.6 is 0 Å². The molecule has 2 unspecified atom stereocenters. The van der Waals surface area contributed by atoms with Crippen molar-refractivity contribution in [3.63, 3.8) is 0 Å². The Labute approximate surface area is 152 Å². The summed E-state index contributed by atoms with van der Waals surface area (Å²) in [5, 5.41) is 13.3. The van der Waals surface area contributed by atoms with Gasteiger partial charge in [-0.2, -0.15) is 0 Å². The van der Waals surface area contributed by atoms with Crippen LogP contribution in [0.4, 0.5) is 5.69 Å². The molecule has 0 heterocycles. The highest BCUT2D eigenvalue weighted by Gasteiger charge is 2.27. The fourth-order valence-corrected chi connectivity index (χ4v) is 3.72. The van der Waals surface area contributed by atoms with Gasteiger partial charge in [-0.15, -0.1) is 0 Å². The molecule has 3 rings (SSSR count). The van der Waals surface area contributed by atoms with Crippen LogP contribution in [0.25, 0.3) is 0 Å². The molecule has 0 radical (unpaired) electrons. The molecule has 2 N–H and O–H groups in total. The molecule has 0 saturated heterocycles. The highest BCUT2D eigenvalue weighted by Crippen LogP contribution is 2.31. The molecule has 0 aromatic heterocycles. The van der Waals surface area contributed by atoms with Crippen molar-refractivity contribution < 1.29 is 5.11 Å². The molecule has 0 amide bonds. The summed E-state index contributed by atoms with van der Waals surface area (Å²) in [5.41, 5.74) is 0.916. The number of anilines is 1. The first-order valence-corrected chi connectivity index (χ1v) is 10.0. The Hall–Kier alpha value is -1.71. The zero-order valence-electron chi connectivity index (χ0n) is 15.7. The predicted molar refractivity (Wildman–Crippen MR) is 105 cm³/mol. The number of phenols is 1. The zero-order chi connectivity index (χ0) is 17.6. The van der Waals surface area contributed by atoms with Crippen LogP contribution in [0.1, 0.15) is 58.8 Å². The number of hydrogen-bond acceptors (Lipinski definition) is 2. The Balaban J connectivity index is 1.82. The van der Waals surface area contributed by atoms with E-state index in [9.17, 15) is 5.11 Å². The van der Waals surface area contributed by atoms with Crippen LogP contribution in [0.5, 0.6) is 5.75 Å². The van der Waals surface area contributed by atoms with Crippen molar-refractivity contribution in [1.82, 2.24) is 4.90 Å². The molecule has 1 aromatic carbocycles. The van der Waals surface area contributed by atoms with E-state index < -0.39 is 0 Å². The van der Waals surface area contributed by atoms with E-state index in [1.165, 1.54) is 38.5 Å². The second kappa shape index (κ2) is 8.59. The summed E-state index contributed by atoms with van der Waals surface area (Å²) in [4.78, 5) is 7.62. The first kappa shape index (κ1) is 18.1. The Kier molecular flexibility index (Phi) is 6.22. The van der Waals surface area contributed by atoms with Gasteiger partial charge in [0.1, 0.15) is 5.75 Å². The summed E-state index contributed by atoms with van der Waals surface area (Å²) < 4.78 is 0. The van der Waals surface area contributed by atoms with Gasteiger partial charge in [0, 0.05) is 24.8 Å². The molecule has 138 valence electrons. The average Bonchev–Trinajstić information content (AvgIpc) is 3.40. The van der Waals surface area contributed by atoms with Gasteiger partial charge in [-0.1, -0.05) is 32.8 Å². The monoisotopic (exact) mass is 343 g/mol. The van der Waals surface area contributed by atoms with E-state index in [4.69, 9.17) is 4.99 Å². The largest absolute Gasteiger partial charge is 0.508 e. The molecular formula is C21H33N3O. The van der Waals surface area contributed by atoms with Gasteiger partial charge in [0.25, 0.3) is 0 Å². The van der Waals surface area contributed by atoms with Crippen molar-refractivity contribution in [1.29, 1.82) is 0 Å². The molecule has 4 nitrogen and oxygen atoms in total. The topological polar surface area (TPSA) is 47.9 Å². The van der Waals surface area contributed by atoms with Gasteiger partial charge in [0.15, 0.2) is 5.96 Å². The Morgan fingerprint density at radius 1 is 1.24 bits per heavy atom. The first-order chi connectivity index (χ1) is 12.2. The van der Waals surface area contributed by atoms with Crippen LogP contribution in [0.2, 0.25) is 0 Å². The zero-order valence-corrected chi connectivity index (χ0v) is 15.7. The predicted octanol–water partition coefficient (Wildman–Crippen LogP) is 4.86. The summed E-state index contributed by atoms with van der Waals surface area (Å²) in [6.45, 7) is 6.70. The third-order valence-electron chi connectivity index (χ3n) is 5.43. The van der Waals surface area contributed by atoms with Crippen molar-refractivity contribution in [2.75, 3.05) is 18.4 Å². The summed E-state index contributed by atoms with van der Waals surface area (Å²) in [6.07, 6.45) is 8.91. The van der Waals surface area contributed by atoms with E-state index in [1.54, 1.807) is 12.1 Å². The smallest absolute Gasteiger partial charge is 0.198 e.